The van der Waals surface area contributed by atoms with Crippen LogP contribution in [0, 0.1) is 17.8 Å². The van der Waals surface area contributed by atoms with E-state index in [0.29, 0.717) is 43.0 Å². The molecule has 0 aromatic heterocycles. The van der Waals surface area contributed by atoms with Crippen LogP contribution in [0.15, 0.2) is 0 Å². The molecule has 0 aromatic rings. The molecule has 0 amide bonds. The molecule has 10 heteroatoms. The van der Waals surface area contributed by atoms with Crippen LogP contribution in [-0.4, -0.2) is 96.8 Å². The molecule has 278 valence electrons. The molecule has 3 unspecified atom stereocenters. The summed E-state index contributed by atoms with van der Waals surface area (Å²) in [5.74, 6) is 2.47. The molecule has 3 heterocycles. The summed E-state index contributed by atoms with van der Waals surface area (Å²) in [6.07, 6.45) is 16.5. The number of unbranched alkanes of at least 4 members (excludes halogenated alkanes) is 1. The molecule has 3 atom stereocenters. The molecule has 0 aromatic carbocycles. The molecule has 3 aliphatic rings. The second-order valence-electron chi connectivity index (χ2n) is 15.0. The summed E-state index contributed by atoms with van der Waals surface area (Å²) in [7, 11) is 3.89. The fourth-order valence-corrected chi connectivity index (χ4v) is 10.3. The van der Waals surface area contributed by atoms with Crippen molar-refractivity contribution in [3.63, 3.8) is 0 Å². The number of nitrogens with zero attached hydrogens (tertiary/aromatic N) is 2. The summed E-state index contributed by atoms with van der Waals surface area (Å²) in [4.78, 5) is 42.7. The molecule has 3 rings (SSSR count). The van der Waals surface area contributed by atoms with Crippen molar-refractivity contribution in [1.29, 1.82) is 0 Å². The van der Waals surface area contributed by atoms with Crippen molar-refractivity contribution in [3.05, 3.63) is 0 Å². The normalized spacial score (nSPS) is 21.3. The van der Waals surface area contributed by atoms with Gasteiger partial charge in [0.2, 0.25) is 0 Å². The van der Waals surface area contributed by atoms with Gasteiger partial charge in [-0.25, -0.2) is 0 Å². The quantitative estimate of drug-likeness (QED) is 0.0446. The van der Waals surface area contributed by atoms with E-state index in [1.807, 2.05) is 21.6 Å². The number of carbonyl (C=O) groups excluding carboxylic acids is 3. The van der Waals surface area contributed by atoms with Crippen LogP contribution in [0.25, 0.3) is 0 Å². The van der Waals surface area contributed by atoms with Crippen molar-refractivity contribution in [1.82, 2.24) is 9.80 Å². The minimum absolute atomic E-state index is 0.0827. The highest BCUT2D eigenvalue weighted by atomic mass is 33.1. The van der Waals surface area contributed by atoms with Crippen molar-refractivity contribution in [2.24, 2.45) is 17.8 Å². The van der Waals surface area contributed by atoms with Gasteiger partial charge < -0.3 is 24.0 Å². The SMILES string of the molecule is CCCC(C)CCC(=O)OCC(COC(=O)CCN1CCC(CCCC2CCN(C(C)C)CC2)CC1)OC(=O)CCCCC1CCSS1. The van der Waals surface area contributed by atoms with E-state index in [0.717, 1.165) is 63.5 Å². The highest BCUT2D eigenvalue weighted by Crippen LogP contribution is 2.40. The lowest BCUT2D eigenvalue weighted by molar-refractivity contribution is -0.167. The largest absolute Gasteiger partial charge is 0.462 e. The minimum atomic E-state index is -0.779. The Balaban J connectivity index is 1.30. The molecule has 48 heavy (non-hydrogen) atoms. The molecule has 3 fully saturated rings. The third kappa shape index (κ3) is 17.8. The predicted octanol–water partition coefficient (Wildman–Crippen LogP) is 8.31. The van der Waals surface area contributed by atoms with Gasteiger partial charge in [0.15, 0.2) is 6.10 Å². The fraction of sp³-hybridized carbons (Fsp3) is 0.921. The summed E-state index contributed by atoms with van der Waals surface area (Å²) < 4.78 is 16.7. The molecular weight excluding hydrogens is 645 g/mol. The Bertz CT molecular complexity index is 902. The van der Waals surface area contributed by atoms with Gasteiger partial charge >= 0.3 is 17.9 Å². The van der Waals surface area contributed by atoms with Crippen molar-refractivity contribution < 1.29 is 28.6 Å². The molecule has 0 bridgehead atoms. The fourth-order valence-electron chi connectivity index (χ4n) is 7.29. The molecule has 0 radical (unpaired) electrons. The highest BCUT2D eigenvalue weighted by Gasteiger charge is 2.24. The van der Waals surface area contributed by atoms with Crippen LogP contribution in [0.4, 0.5) is 0 Å². The van der Waals surface area contributed by atoms with Crippen molar-refractivity contribution in [2.75, 3.05) is 51.7 Å². The molecular formula is C38H68N2O6S2. The van der Waals surface area contributed by atoms with Crippen LogP contribution in [0.5, 0.6) is 0 Å². The monoisotopic (exact) mass is 712 g/mol. The first-order valence-corrected chi connectivity index (χ1v) is 21.8. The van der Waals surface area contributed by atoms with Gasteiger partial charge in [-0.1, -0.05) is 74.0 Å². The number of hydrogen-bond acceptors (Lipinski definition) is 10. The smallest absolute Gasteiger partial charge is 0.307 e. The van der Waals surface area contributed by atoms with E-state index in [1.165, 1.54) is 70.2 Å². The van der Waals surface area contributed by atoms with Crippen molar-refractivity contribution >= 4 is 39.5 Å². The van der Waals surface area contributed by atoms with Crippen molar-refractivity contribution in [3.8, 4) is 0 Å². The number of likely N-dealkylation sites (tertiary alicyclic amines) is 2. The standard InChI is InChI=1S/C38H68N2O6S2/c1-5-9-31(4)14-15-36(41)44-28-34(46-38(43)13-7-6-12-35-21-27-47-48-35)29-45-37(42)20-24-39-22-16-32(17-23-39)10-8-11-33-18-25-40(26-19-33)30(2)3/h30-35H,5-29H2,1-4H3. The zero-order valence-corrected chi connectivity index (χ0v) is 32.4. The Kier molecular flexibility index (Phi) is 20.9. The predicted molar refractivity (Wildman–Crippen MR) is 199 cm³/mol. The number of ether oxygens (including phenoxy) is 3. The van der Waals surface area contributed by atoms with Gasteiger partial charge in [-0.2, -0.15) is 0 Å². The van der Waals surface area contributed by atoms with E-state index in [2.05, 4.69) is 37.5 Å². The van der Waals surface area contributed by atoms with Crippen LogP contribution in [0.1, 0.15) is 137 Å². The molecule has 3 aliphatic heterocycles. The van der Waals surface area contributed by atoms with Gasteiger partial charge in [0, 0.05) is 36.4 Å². The van der Waals surface area contributed by atoms with E-state index in [4.69, 9.17) is 14.2 Å². The average molecular weight is 713 g/mol. The van der Waals surface area contributed by atoms with Gasteiger partial charge in [0.05, 0.1) is 6.42 Å². The maximum atomic E-state index is 12.7. The zero-order valence-electron chi connectivity index (χ0n) is 30.8. The van der Waals surface area contributed by atoms with Crippen molar-refractivity contribution in [2.45, 2.75) is 154 Å². The Morgan fingerprint density at radius 2 is 1.38 bits per heavy atom. The lowest BCUT2D eigenvalue weighted by atomic mass is 9.86. The maximum Gasteiger partial charge on any atom is 0.307 e. The van der Waals surface area contributed by atoms with Gasteiger partial charge in [-0.3, -0.25) is 14.4 Å². The Hall–Kier alpha value is -0.970. The maximum absolute atomic E-state index is 12.7. The summed E-state index contributed by atoms with van der Waals surface area (Å²) >= 11 is 0. The molecule has 0 aliphatic carbocycles. The van der Waals surface area contributed by atoms with Gasteiger partial charge in [0.1, 0.15) is 13.2 Å². The summed E-state index contributed by atoms with van der Waals surface area (Å²) in [5.41, 5.74) is 0. The molecule has 8 nitrogen and oxygen atoms in total. The second kappa shape index (κ2) is 24.3. The van der Waals surface area contributed by atoms with Gasteiger partial charge in [-0.05, 0) is 109 Å². The summed E-state index contributed by atoms with van der Waals surface area (Å²) in [6, 6.07) is 0.675. The first kappa shape index (κ1) is 41.5. The van der Waals surface area contributed by atoms with E-state index in [1.54, 1.807) is 0 Å². The van der Waals surface area contributed by atoms with Gasteiger partial charge in [0.25, 0.3) is 0 Å². The van der Waals surface area contributed by atoms with Gasteiger partial charge in [-0.15, -0.1) is 0 Å². The number of esters is 3. The Morgan fingerprint density at radius 1 is 0.729 bits per heavy atom. The lowest BCUT2D eigenvalue weighted by Gasteiger charge is -2.35. The first-order valence-electron chi connectivity index (χ1n) is 19.5. The minimum Gasteiger partial charge on any atom is -0.462 e. The van der Waals surface area contributed by atoms with Crippen LogP contribution in [0.3, 0.4) is 0 Å². The topological polar surface area (TPSA) is 85.4 Å². The molecule has 0 spiro atoms. The molecule has 0 saturated carbocycles. The third-order valence-corrected chi connectivity index (χ3v) is 13.6. The zero-order chi connectivity index (χ0) is 34.6. The number of carbonyl (C=O) groups is 3. The van der Waals surface area contributed by atoms with Crippen LogP contribution >= 0.6 is 21.6 Å². The first-order chi connectivity index (χ1) is 23.2. The number of rotatable bonds is 23. The Labute approximate surface area is 300 Å². The highest BCUT2D eigenvalue weighted by molar-refractivity contribution is 8.77. The summed E-state index contributed by atoms with van der Waals surface area (Å²) in [5, 5.41) is 0.692. The van der Waals surface area contributed by atoms with E-state index >= 15 is 0 Å². The second-order valence-corrected chi connectivity index (χ2v) is 17.8. The van der Waals surface area contributed by atoms with E-state index < -0.39 is 6.10 Å². The molecule has 3 saturated heterocycles. The van der Waals surface area contributed by atoms with Crippen LogP contribution in [-0.2, 0) is 28.6 Å². The number of piperidine rings is 2. The number of hydrogen-bond donors (Lipinski definition) is 0. The third-order valence-electron chi connectivity index (χ3n) is 10.6. The van der Waals surface area contributed by atoms with E-state index in [-0.39, 0.29) is 31.1 Å². The Morgan fingerprint density at radius 3 is 1.98 bits per heavy atom. The van der Waals surface area contributed by atoms with E-state index in [9.17, 15) is 14.4 Å². The van der Waals surface area contributed by atoms with Crippen LogP contribution < -0.4 is 0 Å². The van der Waals surface area contributed by atoms with Crippen LogP contribution in [0.2, 0.25) is 0 Å². The molecule has 0 N–H and O–H groups in total. The summed E-state index contributed by atoms with van der Waals surface area (Å²) in [6.45, 7) is 14.0. The lowest BCUT2D eigenvalue weighted by Crippen LogP contribution is -2.38. The average Bonchev–Trinajstić information content (AvgIpc) is 3.60.